The van der Waals surface area contributed by atoms with E-state index in [-0.39, 0.29) is 37.4 Å². The largest absolute Gasteiger partial charge is 0.355 e. The van der Waals surface area contributed by atoms with Crippen molar-refractivity contribution in [3.63, 3.8) is 0 Å². The van der Waals surface area contributed by atoms with E-state index in [1.54, 1.807) is 24.1 Å². The zero-order valence-electron chi connectivity index (χ0n) is 15.1. The van der Waals surface area contributed by atoms with E-state index >= 15 is 0 Å². The molecule has 1 aromatic carbocycles. The van der Waals surface area contributed by atoms with Crippen molar-refractivity contribution in [1.82, 2.24) is 15.1 Å². The molecule has 0 saturated heterocycles. The Balaban J connectivity index is 2.43. The van der Waals surface area contributed by atoms with Crippen LogP contribution in [0, 0.1) is 0 Å². The Bertz CT molecular complexity index is 655. The quantitative estimate of drug-likeness (QED) is 0.660. The molecule has 26 heavy (non-hydrogen) atoms. The molecule has 0 radical (unpaired) electrons. The minimum Gasteiger partial charge on any atom is -0.355 e. The van der Waals surface area contributed by atoms with E-state index in [1.165, 1.54) is 18.0 Å². The maximum absolute atomic E-state index is 12.2. The summed E-state index contributed by atoms with van der Waals surface area (Å²) in [6.45, 7) is 2.61. The summed E-state index contributed by atoms with van der Waals surface area (Å²) in [6, 6.07) is 4.73. The van der Waals surface area contributed by atoms with Crippen LogP contribution in [0.4, 0.5) is 5.69 Å². The van der Waals surface area contributed by atoms with Crippen molar-refractivity contribution in [2.75, 3.05) is 45.6 Å². The van der Waals surface area contributed by atoms with Crippen LogP contribution >= 0.6 is 23.2 Å². The Hall–Kier alpha value is -1.83. The van der Waals surface area contributed by atoms with Gasteiger partial charge in [0.25, 0.3) is 0 Å². The van der Waals surface area contributed by atoms with E-state index in [2.05, 4.69) is 10.6 Å². The van der Waals surface area contributed by atoms with Gasteiger partial charge in [0.1, 0.15) is 0 Å². The number of amides is 3. The Labute approximate surface area is 163 Å². The van der Waals surface area contributed by atoms with Gasteiger partial charge < -0.3 is 15.5 Å². The lowest BCUT2D eigenvalue weighted by atomic mass is 10.3. The summed E-state index contributed by atoms with van der Waals surface area (Å²) in [5.74, 6) is -0.759. The summed E-state index contributed by atoms with van der Waals surface area (Å²) in [7, 11) is 3.20. The first kappa shape index (κ1) is 22.2. The van der Waals surface area contributed by atoms with Gasteiger partial charge in [0, 0.05) is 19.3 Å². The van der Waals surface area contributed by atoms with Crippen LogP contribution in [0.1, 0.15) is 13.3 Å². The molecule has 9 heteroatoms. The molecule has 144 valence electrons. The summed E-state index contributed by atoms with van der Waals surface area (Å²) < 4.78 is 0. The lowest BCUT2D eigenvalue weighted by Crippen LogP contribution is -2.43. The summed E-state index contributed by atoms with van der Waals surface area (Å²) in [5, 5.41) is 6.12. The molecule has 0 bridgehead atoms. The standard InChI is InChI=1S/C17H24Cl2N4O3/c1-4-7-20-15(24)9-22(2)11-17(26)23(3)10-16(25)21-12-5-6-13(18)14(19)8-12/h5-6,8H,4,7,9-11H2,1-3H3,(H,20,24)(H,21,25). The summed E-state index contributed by atoms with van der Waals surface area (Å²) in [5.41, 5.74) is 0.495. The molecule has 0 fully saturated rings. The average molecular weight is 403 g/mol. The summed E-state index contributed by atoms with van der Waals surface area (Å²) in [6.07, 6.45) is 0.852. The average Bonchev–Trinajstić information content (AvgIpc) is 2.55. The van der Waals surface area contributed by atoms with Gasteiger partial charge in [0.2, 0.25) is 17.7 Å². The maximum atomic E-state index is 12.2. The van der Waals surface area contributed by atoms with Crippen molar-refractivity contribution in [1.29, 1.82) is 0 Å². The number of anilines is 1. The monoisotopic (exact) mass is 402 g/mol. The third-order valence-electron chi connectivity index (χ3n) is 3.40. The van der Waals surface area contributed by atoms with Gasteiger partial charge in [0.05, 0.1) is 29.7 Å². The van der Waals surface area contributed by atoms with Crippen molar-refractivity contribution in [3.05, 3.63) is 28.2 Å². The van der Waals surface area contributed by atoms with Crippen LogP contribution < -0.4 is 10.6 Å². The minimum absolute atomic E-state index is 0.0378. The number of nitrogens with zero attached hydrogens (tertiary/aromatic N) is 2. The highest BCUT2D eigenvalue weighted by Gasteiger charge is 2.16. The Kier molecular flexibility index (Phi) is 9.40. The van der Waals surface area contributed by atoms with Crippen LogP contribution in [-0.2, 0) is 14.4 Å². The fourth-order valence-electron chi connectivity index (χ4n) is 2.05. The van der Waals surface area contributed by atoms with Crippen LogP contribution in [0.15, 0.2) is 18.2 Å². The highest BCUT2D eigenvalue weighted by molar-refractivity contribution is 6.42. The molecule has 1 aromatic rings. The first-order chi connectivity index (χ1) is 12.2. The molecule has 0 aliphatic carbocycles. The molecule has 0 atom stereocenters. The number of benzene rings is 1. The van der Waals surface area contributed by atoms with Gasteiger partial charge in [-0.05, 0) is 31.7 Å². The predicted octanol–water partition coefficient (Wildman–Crippen LogP) is 1.85. The number of carbonyl (C=O) groups excluding carboxylic acids is 3. The van der Waals surface area contributed by atoms with Crippen LogP contribution in [0.3, 0.4) is 0 Å². The fraction of sp³-hybridized carbons (Fsp3) is 0.471. The lowest BCUT2D eigenvalue weighted by Gasteiger charge is -2.21. The molecule has 2 N–H and O–H groups in total. The second kappa shape index (κ2) is 11.0. The molecule has 1 rings (SSSR count). The van der Waals surface area contributed by atoms with E-state index in [0.29, 0.717) is 22.3 Å². The van der Waals surface area contributed by atoms with E-state index < -0.39 is 0 Å². The first-order valence-corrected chi connectivity index (χ1v) is 8.92. The smallest absolute Gasteiger partial charge is 0.243 e. The highest BCUT2D eigenvalue weighted by Crippen LogP contribution is 2.24. The van der Waals surface area contributed by atoms with E-state index in [4.69, 9.17) is 23.2 Å². The highest BCUT2D eigenvalue weighted by atomic mass is 35.5. The van der Waals surface area contributed by atoms with Crippen molar-refractivity contribution in [2.24, 2.45) is 0 Å². The van der Waals surface area contributed by atoms with E-state index in [0.717, 1.165) is 6.42 Å². The van der Waals surface area contributed by atoms with Crippen molar-refractivity contribution in [3.8, 4) is 0 Å². The van der Waals surface area contributed by atoms with E-state index in [9.17, 15) is 14.4 Å². The zero-order chi connectivity index (χ0) is 19.7. The third-order valence-corrected chi connectivity index (χ3v) is 4.14. The minimum atomic E-state index is -0.359. The number of likely N-dealkylation sites (N-methyl/N-ethyl adjacent to an activating group) is 2. The number of hydrogen-bond donors (Lipinski definition) is 2. The maximum Gasteiger partial charge on any atom is 0.243 e. The topological polar surface area (TPSA) is 81.8 Å². The van der Waals surface area contributed by atoms with Gasteiger partial charge >= 0.3 is 0 Å². The molecule has 0 aromatic heterocycles. The van der Waals surface area contributed by atoms with E-state index in [1.807, 2.05) is 6.92 Å². The van der Waals surface area contributed by atoms with Gasteiger partial charge in [-0.15, -0.1) is 0 Å². The number of halogens is 2. The molecule has 0 unspecified atom stereocenters. The van der Waals surface area contributed by atoms with Crippen molar-refractivity contribution < 1.29 is 14.4 Å². The van der Waals surface area contributed by atoms with Crippen LogP contribution in [0.2, 0.25) is 10.0 Å². The third kappa shape index (κ3) is 8.03. The Morgan fingerprint density at radius 1 is 1.00 bits per heavy atom. The normalized spacial score (nSPS) is 10.5. The van der Waals surface area contributed by atoms with Crippen molar-refractivity contribution in [2.45, 2.75) is 13.3 Å². The zero-order valence-corrected chi connectivity index (χ0v) is 16.7. The van der Waals surface area contributed by atoms with Gasteiger partial charge in [-0.1, -0.05) is 30.1 Å². The van der Waals surface area contributed by atoms with Crippen LogP contribution in [0.5, 0.6) is 0 Å². The SMILES string of the molecule is CCCNC(=O)CN(C)CC(=O)N(C)CC(=O)Nc1ccc(Cl)c(Cl)c1. The first-order valence-electron chi connectivity index (χ1n) is 8.17. The molecular formula is C17H24Cl2N4O3. The molecule has 0 aliphatic heterocycles. The molecule has 7 nitrogen and oxygen atoms in total. The number of rotatable bonds is 9. The second-order valence-electron chi connectivity index (χ2n) is 5.95. The van der Waals surface area contributed by atoms with Crippen molar-refractivity contribution >= 4 is 46.6 Å². The Morgan fingerprint density at radius 3 is 2.31 bits per heavy atom. The number of hydrogen-bond acceptors (Lipinski definition) is 4. The molecule has 0 aliphatic rings. The number of carbonyl (C=O) groups is 3. The molecule has 3 amide bonds. The van der Waals surface area contributed by atoms with Gasteiger partial charge in [-0.25, -0.2) is 0 Å². The Morgan fingerprint density at radius 2 is 1.69 bits per heavy atom. The number of nitrogens with one attached hydrogen (secondary N) is 2. The van der Waals surface area contributed by atoms with Gasteiger partial charge in [-0.2, -0.15) is 0 Å². The second-order valence-corrected chi connectivity index (χ2v) is 6.76. The van der Waals surface area contributed by atoms with Crippen LogP contribution in [-0.4, -0.2) is 67.8 Å². The van der Waals surface area contributed by atoms with Crippen LogP contribution in [0.25, 0.3) is 0 Å². The molecule has 0 saturated carbocycles. The predicted molar refractivity (Wildman–Crippen MR) is 104 cm³/mol. The summed E-state index contributed by atoms with van der Waals surface area (Å²) >= 11 is 11.7. The fourth-order valence-corrected chi connectivity index (χ4v) is 2.35. The van der Waals surface area contributed by atoms with Gasteiger partial charge in [-0.3, -0.25) is 19.3 Å². The summed E-state index contributed by atoms with van der Waals surface area (Å²) in [4.78, 5) is 38.7. The molecule has 0 spiro atoms. The lowest BCUT2D eigenvalue weighted by molar-refractivity contribution is -0.134. The molecule has 0 heterocycles. The van der Waals surface area contributed by atoms with Gasteiger partial charge in [0.15, 0.2) is 0 Å². The molecular weight excluding hydrogens is 379 g/mol.